The number of halogens is 2. The lowest BCUT2D eigenvalue weighted by Crippen LogP contribution is -2.49. The Hall–Kier alpha value is -1.03. The van der Waals surface area contributed by atoms with Gasteiger partial charge in [0.2, 0.25) is 5.91 Å². The van der Waals surface area contributed by atoms with Crippen molar-refractivity contribution in [2.75, 3.05) is 6.61 Å². The molecule has 2 N–H and O–H groups in total. The van der Waals surface area contributed by atoms with Crippen LogP contribution in [0.1, 0.15) is 32.3 Å². The van der Waals surface area contributed by atoms with Crippen LogP contribution in [0.25, 0.3) is 6.08 Å². The molecule has 0 aromatic heterocycles. The second-order valence-electron chi connectivity index (χ2n) is 4.60. The van der Waals surface area contributed by atoms with Gasteiger partial charge in [-0.3, -0.25) is 4.79 Å². The summed E-state index contributed by atoms with van der Waals surface area (Å²) < 4.78 is 0. The third-order valence-electron chi connectivity index (χ3n) is 3.45. The van der Waals surface area contributed by atoms with Gasteiger partial charge in [-0.2, -0.15) is 0 Å². The average molecular weight is 316 g/mol. The van der Waals surface area contributed by atoms with E-state index in [4.69, 9.17) is 23.2 Å². The molecule has 1 amide bonds. The molecule has 0 fully saturated rings. The standard InChI is InChI=1S/C15H19Cl2NO2/c1-3-15(4-2,10-19)18-14(20)9-8-11-12(16)6-5-7-13(11)17/h5-9,19H,3-4,10H2,1-2H3,(H,18,20). The van der Waals surface area contributed by atoms with E-state index in [2.05, 4.69) is 5.32 Å². The zero-order chi connectivity index (χ0) is 15.2. The van der Waals surface area contributed by atoms with E-state index in [0.717, 1.165) is 0 Å². The number of carbonyl (C=O) groups excluding carboxylic acids is 1. The van der Waals surface area contributed by atoms with Gasteiger partial charge in [0.15, 0.2) is 0 Å². The van der Waals surface area contributed by atoms with Crippen molar-refractivity contribution >= 4 is 35.2 Å². The summed E-state index contributed by atoms with van der Waals surface area (Å²) in [7, 11) is 0. The predicted octanol–water partition coefficient (Wildman–Crippen LogP) is 3.67. The monoisotopic (exact) mass is 315 g/mol. The molecule has 0 bridgehead atoms. The highest BCUT2D eigenvalue weighted by Gasteiger charge is 2.26. The number of amides is 1. The summed E-state index contributed by atoms with van der Waals surface area (Å²) in [6.07, 6.45) is 4.27. The summed E-state index contributed by atoms with van der Waals surface area (Å²) in [5, 5.41) is 13.2. The Labute approximate surface area is 129 Å². The summed E-state index contributed by atoms with van der Waals surface area (Å²) in [5.74, 6) is -0.279. The molecular weight excluding hydrogens is 297 g/mol. The summed E-state index contributed by atoms with van der Waals surface area (Å²) in [6.45, 7) is 3.76. The highest BCUT2D eigenvalue weighted by Crippen LogP contribution is 2.25. The molecule has 110 valence electrons. The van der Waals surface area contributed by atoms with Crippen LogP contribution in [-0.2, 0) is 4.79 Å². The molecular formula is C15H19Cl2NO2. The first kappa shape index (κ1) is 17.0. The van der Waals surface area contributed by atoms with Crippen LogP contribution >= 0.6 is 23.2 Å². The van der Waals surface area contributed by atoms with E-state index in [1.165, 1.54) is 6.08 Å². The fourth-order valence-electron chi connectivity index (χ4n) is 1.82. The van der Waals surface area contributed by atoms with Crippen molar-refractivity contribution in [3.63, 3.8) is 0 Å². The average Bonchev–Trinajstić information content (AvgIpc) is 2.44. The fourth-order valence-corrected chi connectivity index (χ4v) is 2.35. The van der Waals surface area contributed by atoms with Gasteiger partial charge in [-0.25, -0.2) is 0 Å². The number of benzene rings is 1. The highest BCUT2D eigenvalue weighted by atomic mass is 35.5. The summed E-state index contributed by atoms with van der Waals surface area (Å²) in [4.78, 5) is 11.9. The van der Waals surface area contributed by atoms with E-state index in [0.29, 0.717) is 28.5 Å². The maximum Gasteiger partial charge on any atom is 0.244 e. The van der Waals surface area contributed by atoms with E-state index in [-0.39, 0.29) is 12.5 Å². The van der Waals surface area contributed by atoms with Gasteiger partial charge < -0.3 is 10.4 Å². The van der Waals surface area contributed by atoms with Crippen LogP contribution < -0.4 is 5.32 Å². The van der Waals surface area contributed by atoms with Crippen LogP contribution in [0.15, 0.2) is 24.3 Å². The van der Waals surface area contributed by atoms with E-state index in [1.54, 1.807) is 24.3 Å². The molecule has 0 aliphatic heterocycles. The van der Waals surface area contributed by atoms with Crippen molar-refractivity contribution in [3.8, 4) is 0 Å². The normalized spacial score (nSPS) is 11.8. The Morgan fingerprint density at radius 2 is 1.85 bits per heavy atom. The van der Waals surface area contributed by atoms with Gasteiger partial charge in [0.1, 0.15) is 0 Å². The van der Waals surface area contributed by atoms with Gasteiger partial charge in [-0.15, -0.1) is 0 Å². The van der Waals surface area contributed by atoms with Gasteiger partial charge >= 0.3 is 0 Å². The Kier molecular flexibility index (Phi) is 6.53. The lowest BCUT2D eigenvalue weighted by Gasteiger charge is -2.30. The van der Waals surface area contributed by atoms with Crippen molar-refractivity contribution < 1.29 is 9.90 Å². The maximum atomic E-state index is 11.9. The van der Waals surface area contributed by atoms with E-state index >= 15 is 0 Å². The Balaban J connectivity index is 2.83. The van der Waals surface area contributed by atoms with Crippen LogP contribution in [0.2, 0.25) is 10.0 Å². The lowest BCUT2D eigenvalue weighted by molar-refractivity contribution is -0.119. The highest BCUT2D eigenvalue weighted by molar-refractivity contribution is 6.37. The van der Waals surface area contributed by atoms with Crippen LogP contribution in [0.4, 0.5) is 0 Å². The number of hydrogen-bond donors (Lipinski definition) is 2. The van der Waals surface area contributed by atoms with E-state index < -0.39 is 5.54 Å². The quantitative estimate of drug-likeness (QED) is 0.787. The van der Waals surface area contributed by atoms with Crippen LogP contribution in [0, 0.1) is 0 Å². The first-order valence-corrected chi connectivity index (χ1v) is 7.28. The third-order valence-corrected chi connectivity index (χ3v) is 4.10. The minimum Gasteiger partial charge on any atom is -0.394 e. The molecule has 0 aliphatic carbocycles. The van der Waals surface area contributed by atoms with E-state index in [9.17, 15) is 9.90 Å². The van der Waals surface area contributed by atoms with Gasteiger partial charge in [0.25, 0.3) is 0 Å². The lowest BCUT2D eigenvalue weighted by atomic mass is 9.94. The Morgan fingerprint density at radius 3 is 2.30 bits per heavy atom. The first-order valence-electron chi connectivity index (χ1n) is 6.53. The Bertz CT molecular complexity index is 468. The van der Waals surface area contributed by atoms with Gasteiger partial charge in [-0.1, -0.05) is 43.1 Å². The van der Waals surface area contributed by atoms with Crippen molar-refractivity contribution in [1.29, 1.82) is 0 Å². The zero-order valence-corrected chi connectivity index (χ0v) is 13.1. The van der Waals surface area contributed by atoms with Gasteiger partial charge in [0, 0.05) is 21.7 Å². The largest absolute Gasteiger partial charge is 0.394 e. The molecule has 0 aliphatic rings. The minimum absolute atomic E-state index is 0.0908. The third kappa shape index (κ3) is 4.23. The van der Waals surface area contributed by atoms with Crippen molar-refractivity contribution in [2.24, 2.45) is 0 Å². The van der Waals surface area contributed by atoms with Gasteiger partial charge in [0.05, 0.1) is 12.1 Å². The topological polar surface area (TPSA) is 49.3 Å². The van der Waals surface area contributed by atoms with Crippen molar-refractivity contribution in [1.82, 2.24) is 5.32 Å². The maximum absolute atomic E-state index is 11.9. The number of hydrogen-bond acceptors (Lipinski definition) is 2. The number of aliphatic hydroxyl groups excluding tert-OH is 1. The minimum atomic E-state index is -0.578. The molecule has 0 heterocycles. The number of carbonyl (C=O) groups is 1. The number of nitrogens with one attached hydrogen (secondary N) is 1. The second kappa shape index (κ2) is 7.67. The molecule has 1 aromatic carbocycles. The molecule has 3 nitrogen and oxygen atoms in total. The molecule has 0 saturated carbocycles. The molecule has 0 spiro atoms. The van der Waals surface area contributed by atoms with Crippen LogP contribution in [0.3, 0.4) is 0 Å². The van der Waals surface area contributed by atoms with Crippen molar-refractivity contribution in [3.05, 3.63) is 39.9 Å². The molecule has 1 rings (SSSR count). The molecule has 0 atom stereocenters. The number of aliphatic hydroxyl groups is 1. The fraction of sp³-hybridized carbons (Fsp3) is 0.400. The second-order valence-corrected chi connectivity index (χ2v) is 5.42. The smallest absolute Gasteiger partial charge is 0.244 e. The SMILES string of the molecule is CCC(CC)(CO)NC(=O)C=Cc1c(Cl)cccc1Cl. The van der Waals surface area contributed by atoms with Crippen LogP contribution in [0.5, 0.6) is 0 Å². The molecule has 20 heavy (non-hydrogen) atoms. The summed E-state index contributed by atoms with van der Waals surface area (Å²) in [5.41, 5.74) is 0.0275. The predicted molar refractivity (Wildman–Crippen MR) is 84.0 cm³/mol. The first-order chi connectivity index (χ1) is 9.48. The molecule has 1 aromatic rings. The summed E-state index contributed by atoms with van der Waals surface area (Å²) >= 11 is 12.0. The van der Waals surface area contributed by atoms with Crippen molar-refractivity contribution in [2.45, 2.75) is 32.2 Å². The molecule has 0 saturated heterocycles. The Morgan fingerprint density at radius 1 is 1.30 bits per heavy atom. The molecule has 0 unspecified atom stereocenters. The molecule has 0 radical (unpaired) electrons. The molecule has 5 heteroatoms. The number of rotatable bonds is 6. The van der Waals surface area contributed by atoms with E-state index in [1.807, 2.05) is 13.8 Å². The summed E-state index contributed by atoms with van der Waals surface area (Å²) in [6, 6.07) is 5.16. The zero-order valence-electron chi connectivity index (χ0n) is 11.6. The van der Waals surface area contributed by atoms with Gasteiger partial charge in [-0.05, 0) is 31.1 Å². The van der Waals surface area contributed by atoms with Crippen LogP contribution in [-0.4, -0.2) is 23.2 Å².